The number of rotatable bonds is 9. The number of hydrogen-bond acceptors (Lipinski definition) is 4. The molecule has 0 radical (unpaired) electrons. The number of ether oxygens (including phenoxy) is 1. The second kappa shape index (κ2) is 12.6. The van der Waals surface area contributed by atoms with E-state index in [0.717, 1.165) is 26.1 Å². The number of aryl methyl sites for hydroxylation is 2. The average Bonchev–Trinajstić information content (AvgIpc) is 2.92. The number of para-hydroxylation sites is 1. The number of carbonyl (C=O) groups excluding carboxylic acids is 1. The van der Waals surface area contributed by atoms with Gasteiger partial charge in [-0.25, -0.2) is 0 Å². The van der Waals surface area contributed by atoms with Crippen molar-refractivity contribution in [1.82, 2.24) is 5.32 Å². The van der Waals surface area contributed by atoms with Gasteiger partial charge in [0.2, 0.25) is 0 Å². The molecule has 0 amide bonds. The molecule has 0 bridgehead atoms. The summed E-state index contributed by atoms with van der Waals surface area (Å²) in [5.74, 6) is -0.335. The Bertz CT molecular complexity index is 1300. The fourth-order valence-electron chi connectivity index (χ4n) is 3.94. The first kappa shape index (κ1) is 25.9. The molecule has 1 N–H and O–H groups in total. The van der Waals surface area contributed by atoms with Gasteiger partial charge in [-0.2, -0.15) is 0 Å². The van der Waals surface area contributed by atoms with Crippen LogP contribution in [0.4, 0.5) is 5.69 Å². The minimum atomic E-state index is -0.797. The zero-order valence-corrected chi connectivity index (χ0v) is 23.1. The van der Waals surface area contributed by atoms with Crippen LogP contribution in [0.25, 0.3) is 0 Å². The van der Waals surface area contributed by atoms with E-state index >= 15 is 0 Å². The van der Waals surface area contributed by atoms with E-state index in [2.05, 4.69) is 92.0 Å². The van der Waals surface area contributed by atoms with Crippen LogP contribution >= 0.6 is 0 Å². The van der Waals surface area contributed by atoms with E-state index in [1.165, 1.54) is 16.3 Å². The summed E-state index contributed by atoms with van der Waals surface area (Å²) in [6.07, 6.45) is 0. The second-order valence-corrected chi connectivity index (χ2v) is 11.6. The molecular weight excluding hydrogens is 560 g/mol. The van der Waals surface area contributed by atoms with Gasteiger partial charge in [-0.15, -0.1) is 0 Å². The summed E-state index contributed by atoms with van der Waals surface area (Å²) in [7, 11) is 1.40. The molecule has 1 atom stereocenters. The second-order valence-electron chi connectivity index (χ2n) is 8.52. The minimum absolute atomic E-state index is 0.0986. The van der Waals surface area contributed by atoms with Crippen molar-refractivity contribution >= 4 is 40.0 Å². The molecule has 0 aliphatic carbocycles. The molecule has 5 heteroatoms. The van der Waals surface area contributed by atoms with Gasteiger partial charge in [-0.05, 0) is 0 Å². The monoisotopic (exact) mass is 592 g/mol. The molecule has 4 nitrogen and oxygen atoms in total. The zero-order valence-electron chi connectivity index (χ0n) is 20.8. The third kappa shape index (κ3) is 6.71. The van der Waals surface area contributed by atoms with Gasteiger partial charge in [0, 0.05) is 0 Å². The van der Waals surface area contributed by atoms with E-state index in [1.54, 1.807) is 0 Å². The molecule has 0 spiro atoms. The molecule has 1 unspecified atom stereocenters. The number of esters is 1. The summed E-state index contributed by atoms with van der Waals surface area (Å²) in [5.41, 5.74) is 6.18. The van der Waals surface area contributed by atoms with Gasteiger partial charge in [-0.3, -0.25) is 0 Å². The Morgan fingerprint density at radius 3 is 2.06 bits per heavy atom. The molecular formula is C31H30N2O2Te. The number of carbonyl (C=O) groups is 1. The van der Waals surface area contributed by atoms with Crippen molar-refractivity contribution in [1.29, 1.82) is 0 Å². The van der Waals surface area contributed by atoms with Gasteiger partial charge >= 0.3 is 224 Å². The molecule has 0 aromatic heterocycles. The number of nitrogens with one attached hydrogen (secondary N) is 1. The van der Waals surface area contributed by atoms with Crippen molar-refractivity contribution in [3.63, 3.8) is 0 Å². The standard InChI is InChI=1S/C31H30N2O2Te/c1-22-11-10-12-23(2)28(22)33-30(36-27-15-8-5-9-16-27)29(32-21-24-13-6-4-7-14-24)25-17-19-26(20-18-25)31(34)35-3/h4-20,29,32H,21H2,1-3H3. The van der Waals surface area contributed by atoms with Crippen molar-refractivity contribution in [2.75, 3.05) is 7.11 Å². The van der Waals surface area contributed by atoms with Crippen molar-refractivity contribution in [2.45, 2.75) is 26.4 Å². The Hall–Kier alpha value is -3.23. The van der Waals surface area contributed by atoms with Crippen LogP contribution in [0.1, 0.15) is 38.7 Å². The fraction of sp³-hybridized carbons (Fsp3) is 0.161. The topological polar surface area (TPSA) is 50.7 Å². The summed E-state index contributed by atoms with van der Waals surface area (Å²) < 4.78 is 7.37. The van der Waals surface area contributed by atoms with Gasteiger partial charge in [0.25, 0.3) is 0 Å². The summed E-state index contributed by atoms with van der Waals surface area (Å²) >= 11 is -0.797. The number of hydrogen-bond donors (Lipinski definition) is 1. The molecule has 0 heterocycles. The molecule has 0 fully saturated rings. The van der Waals surface area contributed by atoms with Crippen molar-refractivity contribution in [2.24, 2.45) is 4.99 Å². The molecule has 182 valence electrons. The molecule has 4 aromatic rings. The van der Waals surface area contributed by atoms with E-state index in [4.69, 9.17) is 9.73 Å². The third-order valence-corrected chi connectivity index (χ3v) is 8.87. The first-order chi connectivity index (χ1) is 17.5. The fourth-order valence-corrected chi connectivity index (χ4v) is 6.82. The molecule has 0 aliphatic heterocycles. The maximum absolute atomic E-state index is 12.0. The quantitative estimate of drug-likeness (QED) is 0.155. The van der Waals surface area contributed by atoms with Crippen LogP contribution in [0.15, 0.2) is 108 Å². The summed E-state index contributed by atoms with van der Waals surface area (Å²) in [5, 5.41) is 3.78. The average molecular weight is 590 g/mol. The van der Waals surface area contributed by atoms with Crippen LogP contribution in [-0.2, 0) is 11.3 Å². The SMILES string of the molecule is COC(=O)c1ccc(C(NCc2ccccc2)C(=Nc2c(C)cccc2C)[Te]c2ccccc2)cc1. The third-order valence-electron chi connectivity index (χ3n) is 5.89. The van der Waals surface area contributed by atoms with Gasteiger partial charge in [0.1, 0.15) is 0 Å². The molecule has 36 heavy (non-hydrogen) atoms. The molecule has 4 aromatic carbocycles. The Morgan fingerprint density at radius 1 is 0.833 bits per heavy atom. The Balaban J connectivity index is 1.79. The van der Waals surface area contributed by atoms with E-state index in [0.29, 0.717) is 12.1 Å². The van der Waals surface area contributed by atoms with E-state index < -0.39 is 20.9 Å². The predicted octanol–water partition coefficient (Wildman–Crippen LogP) is 5.68. The Labute approximate surface area is 223 Å². The first-order valence-corrected chi connectivity index (χ1v) is 14.2. The maximum atomic E-state index is 12.0. The van der Waals surface area contributed by atoms with Crippen LogP contribution in [-0.4, -0.2) is 37.8 Å². The summed E-state index contributed by atoms with van der Waals surface area (Å²) in [6.45, 7) is 4.94. The molecule has 4 rings (SSSR count). The molecule has 0 saturated carbocycles. The van der Waals surface area contributed by atoms with Crippen molar-refractivity contribution in [3.05, 3.63) is 131 Å². The molecule has 0 aliphatic rings. The zero-order chi connectivity index (χ0) is 25.3. The number of nitrogens with zero attached hydrogens (tertiary/aromatic N) is 1. The van der Waals surface area contributed by atoms with Crippen molar-refractivity contribution in [3.8, 4) is 0 Å². The Kier molecular flexibility index (Phi) is 9.08. The molecule has 0 saturated heterocycles. The van der Waals surface area contributed by atoms with Gasteiger partial charge < -0.3 is 0 Å². The predicted molar refractivity (Wildman–Crippen MR) is 149 cm³/mol. The van der Waals surface area contributed by atoms with Crippen LogP contribution in [0.3, 0.4) is 0 Å². The van der Waals surface area contributed by atoms with Gasteiger partial charge in [0.05, 0.1) is 0 Å². The van der Waals surface area contributed by atoms with Gasteiger partial charge in [0.15, 0.2) is 0 Å². The number of methoxy groups -OCH3 is 1. The first-order valence-electron chi connectivity index (χ1n) is 11.9. The number of benzene rings is 4. The van der Waals surface area contributed by atoms with Crippen LogP contribution in [0.2, 0.25) is 0 Å². The normalized spacial score (nSPS) is 12.2. The van der Waals surface area contributed by atoms with Crippen LogP contribution in [0, 0.1) is 13.8 Å². The van der Waals surface area contributed by atoms with E-state index in [-0.39, 0.29) is 12.0 Å². The van der Waals surface area contributed by atoms with E-state index in [1.807, 2.05) is 30.3 Å². The van der Waals surface area contributed by atoms with Crippen LogP contribution < -0.4 is 8.93 Å². The van der Waals surface area contributed by atoms with Crippen LogP contribution in [0.5, 0.6) is 0 Å². The Morgan fingerprint density at radius 2 is 1.44 bits per heavy atom. The van der Waals surface area contributed by atoms with E-state index in [9.17, 15) is 4.79 Å². The van der Waals surface area contributed by atoms with Gasteiger partial charge in [-0.1, -0.05) is 0 Å². The summed E-state index contributed by atoms with van der Waals surface area (Å²) in [6, 6.07) is 34.9. The number of aliphatic imine (C=N–C) groups is 1. The summed E-state index contributed by atoms with van der Waals surface area (Å²) in [4.78, 5) is 17.4. The van der Waals surface area contributed by atoms with Crippen molar-refractivity contribution < 1.29 is 9.53 Å².